The molecule has 0 aliphatic rings. The van der Waals surface area contributed by atoms with Gasteiger partial charge in [-0.1, -0.05) is 19.2 Å². The van der Waals surface area contributed by atoms with E-state index in [1.165, 1.54) is 0 Å². The molecule has 0 unspecified atom stereocenters. The molecule has 0 aliphatic carbocycles. The van der Waals surface area contributed by atoms with Crippen molar-refractivity contribution in [3.05, 3.63) is 35.7 Å². The molecule has 68 valence electrons. The number of rotatable bonds is 3. The molecule has 0 radical (unpaired) electrons. The molecule has 0 aromatic carbocycles. The van der Waals surface area contributed by atoms with E-state index in [1.807, 2.05) is 6.92 Å². The normalized spacial score (nSPS) is 9.69. The van der Waals surface area contributed by atoms with E-state index in [0.717, 1.165) is 16.8 Å². The first-order valence-electron chi connectivity index (χ1n) is 3.79. The summed E-state index contributed by atoms with van der Waals surface area (Å²) in [4.78, 5) is 13.8. The molecule has 1 heterocycles. The van der Waals surface area contributed by atoms with Crippen LogP contribution in [0.2, 0.25) is 0 Å². The third-order valence-electron chi connectivity index (χ3n) is 1.93. The van der Waals surface area contributed by atoms with Crippen LogP contribution in [0.15, 0.2) is 13.2 Å². The van der Waals surface area contributed by atoms with E-state index in [9.17, 15) is 4.79 Å². The number of carbonyl (C=O) groups is 1. The number of aromatic amines is 1. The van der Waals surface area contributed by atoms with Gasteiger partial charge in [0.15, 0.2) is 0 Å². The van der Waals surface area contributed by atoms with Crippen LogP contribution in [0.5, 0.6) is 0 Å². The predicted octanol–water partition coefficient (Wildman–Crippen LogP) is 2.99. The third-order valence-corrected chi connectivity index (χ3v) is 2.12. The number of halogens is 1. The van der Waals surface area contributed by atoms with Gasteiger partial charge in [-0.2, -0.15) is 0 Å². The van der Waals surface area contributed by atoms with Gasteiger partial charge in [0.2, 0.25) is 0 Å². The van der Waals surface area contributed by atoms with E-state index in [2.05, 4.69) is 18.1 Å². The first-order chi connectivity index (χ1) is 6.11. The highest BCUT2D eigenvalue weighted by Gasteiger charge is 2.13. The number of hydrogen-bond acceptors (Lipinski definition) is 1. The van der Waals surface area contributed by atoms with Crippen molar-refractivity contribution in [2.24, 2.45) is 0 Å². The Labute approximate surface area is 81.9 Å². The van der Waals surface area contributed by atoms with E-state index in [1.54, 1.807) is 12.2 Å². The van der Waals surface area contributed by atoms with E-state index >= 15 is 0 Å². The van der Waals surface area contributed by atoms with Crippen LogP contribution >= 0.6 is 11.6 Å². The standard InChI is InChI=1S/C10H10ClNO/c1-4-7-6(3)9(10(11)13)12-8(7)5-2/h4-5,12H,1-2H2,3H3. The Hall–Kier alpha value is -1.28. The second-order valence-electron chi connectivity index (χ2n) is 2.63. The number of carbonyl (C=O) groups excluding carboxylic acids is 1. The van der Waals surface area contributed by atoms with Crippen molar-refractivity contribution in [2.75, 3.05) is 0 Å². The summed E-state index contributed by atoms with van der Waals surface area (Å²) in [5.41, 5.74) is 2.87. The van der Waals surface area contributed by atoms with Gasteiger partial charge in [-0.3, -0.25) is 4.79 Å². The topological polar surface area (TPSA) is 32.9 Å². The van der Waals surface area contributed by atoms with E-state index in [-0.39, 0.29) is 0 Å². The highest BCUT2D eigenvalue weighted by Crippen LogP contribution is 2.21. The first kappa shape index (κ1) is 9.81. The Morgan fingerprint density at radius 1 is 1.46 bits per heavy atom. The van der Waals surface area contributed by atoms with Gasteiger partial charge in [0.25, 0.3) is 5.24 Å². The molecule has 1 aromatic heterocycles. The monoisotopic (exact) mass is 195 g/mol. The van der Waals surface area contributed by atoms with Crippen molar-refractivity contribution in [3.63, 3.8) is 0 Å². The van der Waals surface area contributed by atoms with Gasteiger partial charge < -0.3 is 4.98 Å². The number of aromatic nitrogens is 1. The lowest BCUT2D eigenvalue weighted by Crippen LogP contribution is -1.91. The molecule has 3 heteroatoms. The molecule has 0 aliphatic heterocycles. The molecule has 1 rings (SSSR count). The zero-order valence-corrected chi connectivity index (χ0v) is 8.11. The number of nitrogens with one attached hydrogen (secondary N) is 1. The van der Waals surface area contributed by atoms with Gasteiger partial charge in [0.05, 0.1) is 0 Å². The molecule has 0 fully saturated rings. The van der Waals surface area contributed by atoms with Crippen molar-refractivity contribution >= 4 is 29.0 Å². The molecule has 0 bridgehead atoms. The highest BCUT2D eigenvalue weighted by molar-refractivity contribution is 6.67. The molecule has 2 nitrogen and oxygen atoms in total. The summed E-state index contributed by atoms with van der Waals surface area (Å²) in [5.74, 6) is 0. The quantitative estimate of drug-likeness (QED) is 0.739. The number of H-pyrrole nitrogens is 1. The SMILES string of the molecule is C=Cc1[nH]c(C(=O)Cl)c(C)c1C=C. The van der Waals surface area contributed by atoms with Crippen LogP contribution in [-0.2, 0) is 0 Å². The Balaban J connectivity index is 3.42. The fourth-order valence-electron chi connectivity index (χ4n) is 1.25. The molecule has 0 atom stereocenters. The molecule has 1 N–H and O–H groups in total. The Kier molecular flexibility index (Phi) is 2.73. The maximum absolute atomic E-state index is 10.9. The summed E-state index contributed by atoms with van der Waals surface area (Å²) in [6.45, 7) is 9.09. The average Bonchev–Trinajstić information content (AvgIpc) is 2.41. The van der Waals surface area contributed by atoms with Crippen LogP contribution < -0.4 is 0 Å². The second-order valence-corrected chi connectivity index (χ2v) is 2.98. The third kappa shape index (κ3) is 1.58. The fourth-order valence-corrected chi connectivity index (χ4v) is 1.44. The van der Waals surface area contributed by atoms with Crippen LogP contribution in [0, 0.1) is 6.92 Å². The van der Waals surface area contributed by atoms with Crippen LogP contribution in [0.1, 0.15) is 27.3 Å². The molecule has 13 heavy (non-hydrogen) atoms. The fraction of sp³-hybridized carbons (Fsp3) is 0.100. The Bertz CT molecular complexity index is 377. The lowest BCUT2D eigenvalue weighted by molar-refractivity contribution is 0.107. The van der Waals surface area contributed by atoms with E-state index in [0.29, 0.717) is 5.69 Å². The maximum Gasteiger partial charge on any atom is 0.268 e. The smallest absolute Gasteiger partial charge is 0.268 e. The minimum atomic E-state index is -0.492. The molecular formula is C10H10ClNO. The van der Waals surface area contributed by atoms with Crippen LogP contribution in [0.4, 0.5) is 0 Å². The molecular weight excluding hydrogens is 186 g/mol. The van der Waals surface area contributed by atoms with Gasteiger partial charge in [0.1, 0.15) is 5.69 Å². The first-order valence-corrected chi connectivity index (χ1v) is 4.16. The van der Waals surface area contributed by atoms with Crippen LogP contribution in [0.3, 0.4) is 0 Å². The highest BCUT2D eigenvalue weighted by atomic mass is 35.5. The second kappa shape index (κ2) is 3.62. The number of hydrogen-bond donors (Lipinski definition) is 1. The van der Waals surface area contributed by atoms with Crippen molar-refractivity contribution in [3.8, 4) is 0 Å². The van der Waals surface area contributed by atoms with Gasteiger partial charge >= 0.3 is 0 Å². The van der Waals surface area contributed by atoms with Gasteiger partial charge in [-0.15, -0.1) is 0 Å². The van der Waals surface area contributed by atoms with Gasteiger partial charge in [-0.25, -0.2) is 0 Å². The summed E-state index contributed by atoms with van der Waals surface area (Å²) < 4.78 is 0. The maximum atomic E-state index is 10.9. The summed E-state index contributed by atoms with van der Waals surface area (Å²) in [7, 11) is 0. The Morgan fingerprint density at radius 3 is 2.38 bits per heavy atom. The van der Waals surface area contributed by atoms with Crippen molar-refractivity contribution in [2.45, 2.75) is 6.92 Å². The molecule has 0 saturated heterocycles. The Morgan fingerprint density at radius 2 is 2.08 bits per heavy atom. The zero-order valence-electron chi connectivity index (χ0n) is 7.36. The van der Waals surface area contributed by atoms with Crippen LogP contribution in [0.25, 0.3) is 12.2 Å². The average molecular weight is 196 g/mol. The molecule has 1 aromatic rings. The predicted molar refractivity (Wildman–Crippen MR) is 55.9 cm³/mol. The van der Waals surface area contributed by atoms with Gasteiger partial charge in [0, 0.05) is 11.3 Å². The molecule has 0 spiro atoms. The molecule has 0 amide bonds. The molecule has 0 saturated carbocycles. The van der Waals surface area contributed by atoms with Crippen molar-refractivity contribution in [1.29, 1.82) is 0 Å². The van der Waals surface area contributed by atoms with Crippen molar-refractivity contribution < 1.29 is 4.79 Å². The van der Waals surface area contributed by atoms with E-state index in [4.69, 9.17) is 11.6 Å². The summed E-state index contributed by atoms with van der Waals surface area (Å²) in [5, 5.41) is -0.492. The zero-order chi connectivity index (χ0) is 10.0. The van der Waals surface area contributed by atoms with E-state index < -0.39 is 5.24 Å². The van der Waals surface area contributed by atoms with Crippen molar-refractivity contribution in [1.82, 2.24) is 4.98 Å². The van der Waals surface area contributed by atoms with Gasteiger partial charge in [-0.05, 0) is 30.2 Å². The minimum absolute atomic E-state index is 0.409. The van der Waals surface area contributed by atoms with Crippen LogP contribution in [-0.4, -0.2) is 10.2 Å². The summed E-state index contributed by atoms with van der Waals surface area (Å²) in [6, 6.07) is 0. The summed E-state index contributed by atoms with van der Waals surface area (Å²) in [6.07, 6.45) is 3.31. The lowest BCUT2D eigenvalue weighted by atomic mass is 10.1. The lowest BCUT2D eigenvalue weighted by Gasteiger charge is -1.91. The minimum Gasteiger partial charge on any atom is -0.351 e. The summed E-state index contributed by atoms with van der Waals surface area (Å²) >= 11 is 5.37. The largest absolute Gasteiger partial charge is 0.351 e.